The van der Waals surface area contributed by atoms with Crippen LogP contribution in [0.2, 0.25) is 0 Å². The van der Waals surface area contributed by atoms with Gasteiger partial charge in [-0.25, -0.2) is 13.1 Å². The van der Waals surface area contributed by atoms with Crippen molar-refractivity contribution in [2.24, 2.45) is 0 Å². The fourth-order valence-electron chi connectivity index (χ4n) is 1.77. The van der Waals surface area contributed by atoms with Crippen molar-refractivity contribution in [3.05, 3.63) is 42.1 Å². The van der Waals surface area contributed by atoms with Crippen molar-refractivity contribution in [1.29, 1.82) is 0 Å². The minimum Gasteiger partial charge on any atom is -0.264 e. The Morgan fingerprint density at radius 1 is 1.16 bits per heavy atom. The fourth-order valence-corrected chi connectivity index (χ4v) is 2.83. The predicted molar refractivity (Wildman–Crippen MR) is 74.5 cm³/mol. The van der Waals surface area contributed by atoms with Gasteiger partial charge in [-0.1, -0.05) is 19.1 Å². The summed E-state index contributed by atoms with van der Waals surface area (Å²) in [5.74, 6) is 0.474. The zero-order valence-electron chi connectivity index (χ0n) is 11.0. The molecule has 19 heavy (non-hydrogen) atoms. The molecule has 0 bridgehead atoms. The fraction of sp³-hybridized carbons (Fsp3) is 0.308. The zero-order valence-corrected chi connectivity index (χ0v) is 11.8. The van der Waals surface area contributed by atoms with Crippen molar-refractivity contribution in [2.45, 2.75) is 31.7 Å². The van der Waals surface area contributed by atoms with Crippen LogP contribution < -0.4 is 4.72 Å². The average Bonchev–Trinajstić information content (AvgIpc) is 2.85. The van der Waals surface area contributed by atoms with Gasteiger partial charge in [0.15, 0.2) is 0 Å². The van der Waals surface area contributed by atoms with E-state index in [4.69, 9.17) is 0 Å². The highest BCUT2D eigenvalue weighted by Crippen LogP contribution is 2.16. The highest BCUT2D eigenvalue weighted by Gasteiger charge is 2.15. The van der Waals surface area contributed by atoms with E-state index in [0.29, 0.717) is 12.4 Å². The molecule has 0 amide bonds. The van der Waals surface area contributed by atoms with Gasteiger partial charge in [0.25, 0.3) is 10.0 Å². The zero-order chi connectivity index (χ0) is 13.9. The standard InChI is InChI=1S/C13H17N3O2S/c1-3-11-5-7-12(8-6-11)19(17,18)15-13-9-10-14-16(13)4-2/h5-10,15H,3-4H2,1-2H3. The van der Waals surface area contributed by atoms with Crippen LogP contribution in [-0.2, 0) is 23.0 Å². The van der Waals surface area contributed by atoms with Gasteiger partial charge >= 0.3 is 0 Å². The molecule has 0 saturated carbocycles. The summed E-state index contributed by atoms with van der Waals surface area (Å²) >= 11 is 0. The lowest BCUT2D eigenvalue weighted by Gasteiger charge is -2.09. The summed E-state index contributed by atoms with van der Waals surface area (Å²) in [6.45, 7) is 4.54. The Bertz CT molecular complexity index is 645. The molecule has 6 heteroatoms. The number of nitrogens with one attached hydrogen (secondary N) is 1. The molecule has 0 saturated heterocycles. The van der Waals surface area contributed by atoms with E-state index in [-0.39, 0.29) is 4.90 Å². The normalized spacial score (nSPS) is 11.5. The van der Waals surface area contributed by atoms with Gasteiger partial charge in [0, 0.05) is 12.6 Å². The predicted octanol–water partition coefficient (Wildman–Crippen LogP) is 2.27. The maximum atomic E-state index is 12.2. The third-order valence-electron chi connectivity index (χ3n) is 2.90. The molecule has 0 aliphatic heterocycles. The smallest absolute Gasteiger partial charge is 0.263 e. The lowest BCUT2D eigenvalue weighted by Crippen LogP contribution is -2.16. The summed E-state index contributed by atoms with van der Waals surface area (Å²) in [5, 5.41) is 4.03. The summed E-state index contributed by atoms with van der Waals surface area (Å²) in [6.07, 6.45) is 2.46. The molecule has 0 aliphatic carbocycles. The van der Waals surface area contributed by atoms with Crippen LogP contribution in [0.1, 0.15) is 19.4 Å². The summed E-state index contributed by atoms with van der Waals surface area (Å²) in [7, 11) is -3.55. The number of sulfonamides is 1. The van der Waals surface area contributed by atoms with Crippen LogP contribution in [0, 0.1) is 0 Å². The van der Waals surface area contributed by atoms with Crippen LogP contribution in [-0.4, -0.2) is 18.2 Å². The van der Waals surface area contributed by atoms with E-state index in [1.807, 2.05) is 26.0 Å². The lowest BCUT2D eigenvalue weighted by atomic mass is 10.2. The molecule has 0 radical (unpaired) electrons. The van der Waals surface area contributed by atoms with E-state index in [0.717, 1.165) is 12.0 Å². The Hall–Kier alpha value is -1.82. The van der Waals surface area contributed by atoms with E-state index in [2.05, 4.69) is 9.82 Å². The summed E-state index contributed by atoms with van der Waals surface area (Å²) in [4.78, 5) is 0.258. The SMILES string of the molecule is CCc1ccc(S(=O)(=O)Nc2ccnn2CC)cc1. The molecule has 1 N–H and O–H groups in total. The average molecular weight is 279 g/mol. The van der Waals surface area contributed by atoms with Gasteiger partial charge in [0.05, 0.1) is 11.1 Å². The summed E-state index contributed by atoms with van der Waals surface area (Å²) in [6, 6.07) is 8.53. The quantitative estimate of drug-likeness (QED) is 0.913. The minimum atomic E-state index is -3.55. The summed E-state index contributed by atoms with van der Waals surface area (Å²) < 4.78 is 28.6. The van der Waals surface area contributed by atoms with Crippen LogP contribution in [0.4, 0.5) is 5.82 Å². The minimum absolute atomic E-state index is 0.258. The molecule has 1 aromatic carbocycles. The molecular weight excluding hydrogens is 262 g/mol. The van der Waals surface area contributed by atoms with Crippen molar-refractivity contribution in [2.75, 3.05) is 4.72 Å². The van der Waals surface area contributed by atoms with Gasteiger partial charge in [-0.3, -0.25) is 4.72 Å². The number of nitrogens with zero attached hydrogens (tertiary/aromatic N) is 2. The van der Waals surface area contributed by atoms with Crippen molar-refractivity contribution >= 4 is 15.8 Å². The van der Waals surface area contributed by atoms with Gasteiger partial charge in [0.2, 0.25) is 0 Å². The summed E-state index contributed by atoms with van der Waals surface area (Å²) in [5.41, 5.74) is 1.11. The molecule has 102 valence electrons. The van der Waals surface area contributed by atoms with Gasteiger partial charge in [-0.05, 0) is 31.0 Å². The number of benzene rings is 1. The number of anilines is 1. The Balaban J connectivity index is 2.27. The molecule has 5 nitrogen and oxygen atoms in total. The van der Waals surface area contributed by atoms with E-state index in [1.54, 1.807) is 29.1 Å². The topological polar surface area (TPSA) is 64.0 Å². The van der Waals surface area contributed by atoms with Gasteiger partial charge in [-0.15, -0.1) is 0 Å². The highest BCUT2D eigenvalue weighted by atomic mass is 32.2. The van der Waals surface area contributed by atoms with Crippen molar-refractivity contribution in [3.8, 4) is 0 Å². The molecule has 0 fully saturated rings. The molecule has 0 atom stereocenters. The number of aryl methyl sites for hydroxylation is 2. The Morgan fingerprint density at radius 3 is 2.42 bits per heavy atom. The van der Waals surface area contributed by atoms with Crippen molar-refractivity contribution in [3.63, 3.8) is 0 Å². The second-order valence-electron chi connectivity index (χ2n) is 4.14. The van der Waals surface area contributed by atoms with E-state index >= 15 is 0 Å². The van der Waals surface area contributed by atoms with Crippen molar-refractivity contribution in [1.82, 2.24) is 9.78 Å². The molecule has 0 spiro atoms. The van der Waals surface area contributed by atoms with E-state index in [9.17, 15) is 8.42 Å². The second kappa shape index (κ2) is 5.44. The molecule has 1 aromatic heterocycles. The van der Waals surface area contributed by atoms with Crippen LogP contribution in [0.3, 0.4) is 0 Å². The molecular formula is C13H17N3O2S. The van der Waals surface area contributed by atoms with Gasteiger partial charge in [0.1, 0.15) is 5.82 Å². The molecule has 0 aliphatic rings. The van der Waals surface area contributed by atoms with Crippen LogP contribution in [0.5, 0.6) is 0 Å². The van der Waals surface area contributed by atoms with Crippen molar-refractivity contribution < 1.29 is 8.42 Å². The monoisotopic (exact) mass is 279 g/mol. The number of hydrogen-bond acceptors (Lipinski definition) is 3. The van der Waals surface area contributed by atoms with Gasteiger partial charge < -0.3 is 0 Å². The second-order valence-corrected chi connectivity index (χ2v) is 5.82. The highest BCUT2D eigenvalue weighted by molar-refractivity contribution is 7.92. The van der Waals surface area contributed by atoms with Crippen LogP contribution >= 0.6 is 0 Å². The first kappa shape index (κ1) is 13.6. The Labute approximate surface area is 113 Å². The third kappa shape index (κ3) is 2.96. The third-order valence-corrected chi connectivity index (χ3v) is 4.27. The number of rotatable bonds is 5. The largest absolute Gasteiger partial charge is 0.264 e. The Kier molecular flexibility index (Phi) is 3.90. The maximum Gasteiger partial charge on any atom is 0.263 e. The Morgan fingerprint density at radius 2 is 1.84 bits per heavy atom. The van der Waals surface area contributed by atoms with E-state index < -0.39 is 10.0 Å². The van der Waals surface area contributed by atoms with E-state index in [1.165, 1.54) is 0 Å². The molecule has 0 unspecified atom stereocenters. The lowest BCUT2D eigenvalue weighted by molar-refractivity contribution is 0.599. The first-order valence-corrected chi connectivity index (χ1v) is 7.68. The number of aromatic nitrogens is 2. The van der Waals surface area contributed by atoms with Gasteiger partial charge in [-0.2, -0.15) is 5.10 Å². The number of hydrogen-bond donors (Lipinski definition) is 1. The first-order chi connectivity index (χ1) is 9.06. The van der Waals surface area contributed by atoms with Crippen LogP contribution in [0.15, 0.2) is 41.4 Å². The molecule has 2 aromatic rings. The first-order valence-electron chi connectivity index (χ1n) is 6.20. The maximum absolute atomic E-state index is 12.2. The van der Waals surface area contributed by atoms with Crippen LogP contribution in [0.25, 0.3) is 0 Å². The molecule has 2 rings (SSSR count). The molecule has 1 heterocycles.